The van der Waals surface area contributed by atoms with E-state index in [9.17, 15) is 4.79 Å². The molecule has 1 aromatic heterocycles. The molecule has 1 atom stereocenters. The summed E-state index contributed by atoms with van der Waals surface area (Å²) in [6, 6.07) is 13.3. The molecule has 32 heavy (non-hydrogen) atoms. The van der Waals surface area contributed by atoms with Gasteiger partial charge in [-0.2, -0.15) is 4.98 Å². The Kier molecular flexibility index (Phi) is 6.67. The molecule has 2 aromatic carbocycles. The molecular weight excluding hydrogens is 444 g/mol. The number of thioether (sulfide) groups is 1. The Morgan fingerprint density at radius 3 is 2.72 bits per heavy atom. The van der Waals surface area contributed by atoms with Gasteiger partial charge in [-0.25, -0.2) is 0 Å². The van der Waals surface area contributed by atoms with Gasteiger partial charge in [0, 0.05) is 28.8 Å². The van der Waals surface area contributed by atoms with E-state index in [0.29, 0.717) is 33.4 Å². The van der Waals surface area contributed by atoms with Crippen LogP contribution in [0.4, 0.5) is 5.69 Å². The zero-order valence-corrected chi connectivity index (χ0v) is 20.1. The molecule has 8 heteroatoms. The van der Waals surface area contributed by atoms with Gasteiger partial charge >= 0.3 is 0 Å². The predicted molar refractivity (Wildman–Crippen MR) is 128 cm³/mol. The van der Waals surface area contributed by atoms with Gasteiger partial charge in [0.05, 0.1) is 5.69 Å². The molecular formula is C24H25ClN4O2S. The summed E-state index contributed by atoms with van der Waals surface area (Å²) in [5.74, 6) is 1.56. The first-order valence-electron chi connectivity index (χ1n) is 10.6. The van der Waals surface area contributed by atoms with E-state index in [2.05, 4.69) is 36.0 Å². The number of nitrogens with zero attached hydrogens (tertiary/aromatic N) is 4. The largest absolute Gasteiger partial charge is 0.447 e. The van der Waals surface area contributed by atoms with Crippen molar-refractivity contribution in [3.8, 4) is 17.1 Å². The smallest absolute Gasteiger partial charge is 0.247 e. The lowest BCUT2D eigenvalue weighted by Crippen LogP contribution is -2.36. The molecule has 0 aliphatic carbocycles. The maximum Gasteiger partial charge on any atom is 0.247 e. The van der Waals surface area contributed by atoms with Crippen LogP contribution in [0, 0.1) is 5.92 Å². The number of carbonyl (C=O) groups excluding carboxylic acids is 1. The van der Waals surface area contributed by atoms with E-state index in [1.807, 2.05) is 30.3 Å². The molecule has 0 N–H and O–H groups in total. The van der Waals surface area contributed by atoms with Crippen LogP contribution in [0.2, 0.25) is 5.02 Å². The third kappa shape index (κ3) is 4.59. The summed E-state index contributed by atoms with van der Waals surface area (Å²) in [7, 11) is 0. The van der Waals surface area contributed by atoms with Crippen molar-refractivity contribution in [2.75, 3.05) is 10.7 Å². The Morgan fingerprint density at radius 1 is 1.22 bits per heavy atom. The lowest BCUT2D eigenvalue weighted by Gasteiger charge is -2.30. The molecule has 2 heterocycles. The lowest BCUT2D eigenvalue weighted by atomic mass is 10.0. The molecule has 1 aliphatic rings. The third-order valence-corrected chi connectivity index (χ3v) is 6.60. The summed E-state index contributed by atoms with van der Waals surface area (Å²) < 4.78 is 6.39. The van der Waals surface area contributed by atoms with E-state index in [1.165, 1.54) is 18.7 Å². The first-order valence-corrected chi connectivity index (χ1v) is 12.0. The molecule has 1 amide bonds. The van der Waals surface area contributed by atoms with Gasteiger partial charge in [0.15, 0.2) is 5.69 Å². The average Bonchev–Trinajstić information content (AvgIpc) is 2.91. The number of fused-ring (bicyclic) bond motifs is 3. The van der Waals surface area contributed by atoms with Crippen molar-refractivity contribution in [3.63, 3.8) is 0 Å². The quantitative estimate of drug-likeness (QED) is 0.431. The maximum atomic E-state index is 12.9. The van der Waals surface area contributed by atoms with E-state index < -0.39 is 6.23 Å². The fraction of sp³-hybridized carbons (Fsp3) is 0.333. The van der Waals surface area contributed by atoms with Crippen LogP contribution in [0.5, 0.6) is 5.88 Å². The molecule has 0 saturated carbocycles. The summed E-state index contributed by atoms with van der Waals surface area (Å²) in [5.41, 5.74) is 3.89. The molecule has 0 radical (unpaired) electrons. The molecule has 0 saturated heterocycles. The van der Waals surface area contributed by atoms with Crippen molar-refractivity contribution >= 4 is 35.0 Å². The van der Waals surface area contributed by atoms with E-state index in [0.717, 1.165) is 28.9 Å². The molecule has 0 spiro atoms. The Morgan fingerprint density at radius 2 is 2.03 bits per heavy atom. The Bertz CT molecular complexity index is 1150. The number of hydrogen-bond donors (Lipinski definition) is 0. The highest BCUT2D eigenvalue weighted by Crippen LogP contribution is 2.44. The van der Waals surface area contributed by atoms with Gasteiger partial charge in [-0.3, -0.25) is 9.69 Å². The van der Waals surface area contributed by atoms with Gasteiger partial charge in [0.2, 0.25) is 23.2 Å². The van der Waals surface area contributed by atoms with Crippen LogP contribution in [0.1, 0.15) is 45.0 Å². The van der Waals surface area contributed by atoms with Gasteiger partial charge in [-0.1, -0.05) is 62.3 Å². The SMILES string of the molecule is CCc1ccc2c(c1)-c1nnc(SCC(C)C)nc1OC(c1cccc(Cl)c1)N2C(C)=O. The van der Waals surface area contributed by atoms with Crippen LogP contribution >= 0.6 is 23.4 Å². The monoisotopic (exact) mass is 468 g/mol. The van der Waals surface area contributed by atoms with Crippen molar-refractivity contribution in [2.45, 2.75) is 45.5 Å². The number of ether oxygens (including phenoxy) is 1. The Labute approximate surface area is 197 Å². The van der Waals surface area contributed by atoms with Gasteiger partial charge in [-0.15, -0.1) is 10.2 Å². The molecule has 3 aromatic rings. The van der Waals surface area contributed by atoms with Gasteiger partial charge in [0.1, 0.15) is 0 Å². The zero-order chi connectivity index (χ0) is 22.8. The van der Waals surface area contributed by atoms with Crippen LogP contribution in [0.3, 0.4) is 0 Å². The van der Waals surface area contributed by atoms with Gasteiger partial charge < -0.3 is 4.74 Å². The fourth-order valence-corrected chi connectivity index (χ4v) is 4.48. The van der Waals surface area contributed by atoms with Crippen molar-refractivity contribution in [2.24, 2.45) is 5.92 Å². The molecule has 1 aliphatic heterocycles. The van der Waals surface area contributed by atoms with Crippen LogP contribution < -0.4 is 9.64 Å². The Balaban J connectivity index is 1.91. The summed E-state index contributed by atoms with van der Waals surface area (Å²) in [6.45, 7) is 7.89. The summed E-state index contributed by atoms with van der Waals surface area (Å²) in [6.07, 6.45) is 0.114. The summed E-state index contributed by atoms with van der Waals surface area (Å²) in [4.78, 5) is 19.2. The number of benzene rings is 2. The van der Waals surface area contributed by atoms with E-state index in [4.69, 9.17) is 16.3 Å². The molecule has 1 unspecified atom stereocenters. The summed E-state index contributed by atoms with van der Waals surface area (Å²) >= 11 is 7.81. The van der Waals surface area contributed by atoms with Crippen molar-refractivity contribution in [3.05, 3.63) is 58.6 Å². The predicted octanol–water partition coefficient (Wildman–Crippen LogP) is 5.95. The number of rotatable bonds is 5. The second kappa shape index (κ2) is 9.46. The number of aryl methyl sites for hydroxylation is 1. The van der Waals surface area contributed by atoms with Gasteiger partial charge in [-0.05, 0) is 42.2 Å². The second-order valence-electron chi connectivity index (χ2n) is 8.07. The number of carbonyl (C=O) groups is 1. The van der Waals surface area contributed by atoms with Crippen molar-refractivity contribution < 1.29 is 9.53 Å². The number of halogens is 1. The number of hydrogen-bond acceptors (Lipinski definition) is 6. The van der Waals surface area contributed by atoms with Crippen molar-refractivity contribution in [1.29, 1.82) is 0 Å². The highest BCUT2D eigenvalue weighted by molar-refractivity contribution is 7.99. The molecule has 166 valence electrons. The Hall–Kier alpha value is -2.64. The van der Waals surface area contributed by atoms with Crippen LogP contribution in [0.15, 0.2) is 47.6 Å². The highest BCUT2D eigenvalue weighted by atomic mass is 35.5. The second-order valence-corrected chi connectivity index (χ2v) is 9.50. The topological polar surface area (TPSA) is 68.2 Å². The summed E-state index contributed by atoms with van der Waals surface area (Å²) in [5, 5.41) is 9.94. The van der Waals surface area contributed by atoms with E-state index in [-0.39, 0.29) is 5.91 Å². The number of amides is 1. The van der Waals surface area contributed by atoms with E-state index >= 15 is 0 Å². The number of aromatic nitrogens is 3. The average molecular weight is 469 g/mol. The fourth-order valence-electron chi connectivity index (χ4n) is 3.55. The van der Waals surface area contributed by atoms with Crippen LogP contribution in [0.25, 0.3) is 11.3 Å². The molecule has 6 nitrogen and oxygen atoms in total. The van der Waals surface area contributed by atoms with Gasteiger partial charge in [0.25, 0.3) is 0 Å². The first kappa shape index (κ1) is 22.6. The normalized spacial score (nSPS) is 15.1. The van der Waals surface area contributed by atoms with Crippen LogP contribution in [-0.2, 0) is 11.2 Å². The minimum atomic E-state index is -0.738. The van der Waals surface area contributed by atoms with Crippen LogP contribution in [-0.4, -0.2) is 26.8 Å². The lowest BCUT2D eigenvalue weighted by molar-refractivity contribution is -0.118. The minimum Gasteiger partial charge on any atom is -0.447 e. The third-order valence-electron chi connectivity index (χ3n) is 5.10. The number of anilines is 1. The highest BCUT2D eigenvalue weighted by Gasteiger charge is 2.35. The first-order chi connectivity index (χ1) is 15.4. The molecule has 0 fully saturated rings. The molecule has 4 rings (SSSR count). The molecule has 0 bridgehead atoms. The van der Waals surface area contributed by atoms with Crippen molar-refractivity contribution in [1.82, 2.24) is 15.2 Å². The minimum absolute atomic E-state index is 0.157. The maximum absolute atomic E-state index is 12.9. The zero-order valence-electron chi connectivity index (χ0n) is 18.5. The standard InChI is InChI=1S/C24H25ClN4O2S/c1-5-16-9-10-20-19(11-16)21-22(26-24(28-27-21)32-13-14(2)3)31-23(29(20)15(4)30)17-7-6-8-18(25)12-17/h6-12,14,23H,5,13H2,1-4H3. The van der Waals surface area contributed by atoms with E-state index in [1.54, 1.807) is 17.0 Å².